The highest BCUT2D eigenvalue weighted by Gasteiger charge is 2.34. The second-order valence-corrected chi connectivity index (χ2v) is 17.3. The van der Waals surface area contributed by atoms with E-state index < -0.39 is 7.82 Å². The highest BCUT2D eigenvalue weighted by atomic mass is 31.2. The second-order valence-electron chi connectivity index (χ2n) is 15.9. The van der Waals surface area contributed by atoms with E-state index in [2.05, 4.69) is 75.8 Å². The highest BCUT2D eigenvalue weighted by molar-refractivity contribution is 7.49. The maximum atomic E-state index is 15.2. The number of nitrogens with zero attached hydrogens (tertiary/aromatic N) is 9. The number of aromatic amines is 3. The van der Waals surface area contributed by atoms with Gasteiger partial charge in [-0.05, 0) is 98.7 Å². The van der Waals surface area contributed by atoms with Gasteiger partial charge in [0.2, 0.25) is 35.7 Å². The molecule has 22 nitrogen and oxygen atoms in total. The Bertz CT molecular complexity index is 3400. The van der Waals surface area contributed by atoms with E-state index >= 15 is 4.57 Å². The van der Waals surface area contributed by atoms with Gasteiger partial charge in [-0.15, -0.1) is 0 Å². The summed E-state index contributed by atoms with van der Waals surface area (Å²) in [6, 6.07) is 14.5. The van der Waals surface area contributed by atoms with Crippen LogP contribution in [0.4, 0.5) is 35.7 Å². The number of rotatable bonds is 12. The lowest BCUT2D eigenvalue weighted by atomic mass is 10.2. The highest BCUT2D eigenvalue weighted by Crippen LogP contribution is 2.51. The number of benzene rings is 3. The Morgan fingerprint density at radius 2 is 0.676 bits per heavy atom. The molecule has 9 rings (SSSR count). The van der Waals surface area contributed by atoms with Crippen molar-refractivity contribution in [1.29, 1.82) is 0 Å². The maximum absolute atomic E-state index is 15.2. The molecule has 0 saturated heterocycles. The molecule has 68 heavy (non-hydrogen) atoms. The molecule has 0 unspecified atom stereocenters. The molecule has 6 N–H and O–H groups in total. The Morgan fingerprint density at radius 1 is 0.397 bits per heavy atom. The summed E-state index contributed by atoms with van der Waals surface area (Å²) in [5, 5.41) is 10.9. The predicted molar refractivity (Wildman–Crippen MR) is 255 cm³/mol. The van der Waals surface area contributed by atoms with Crippen molar-refractivity contribution in [2.75, 3.05) is 16.0 Å². The first-order chi connectivity index (χ1) is 32.4. The minimum atomic E-state index is -4.73. The van der Waals surface area contributed by atoms with Gasteiger partial charge in [-0.3, -0.25) is 45.3 Å². The van der Waals surface area contributed by atoms with Crippen molar-refractivity contribution < 1.29 is 18.1 Å². The third kappa shape index (κ3) is 9.11. The SMILES string of the molecule is Cc1nc(Nc2nc(C)c3ccc(OP(=O)(Oc4ccc5c(C)nc(Nc6nc(C)c(C)c(=O)[nH]6)nc5c4)Oc4ccc5c(C)nc(Nc6nc(C)c(C)c(=O)[nH]6)nc5c4)cc3n2)[nH]c(=O)c1C. The van der Waals surface area contributed by atoms with Gasteiger partial charge < -0.3 is 13.6 Å². The Kier molecular flexibility index (Phi) is 11.3. The molecule has 0 aliphatic heterocycles. The lowest BCUT2D eigenvalue weighted by Crippen LogP contribution is -2.16. The third-order valence-electron chi connectivity index (χ3n) is 11.1. The molecule has 0 spiro atoms. The Balaban J connectivity index is 1.08. The fourth-order valence-corrected chi connectivity index (χ4v) is 8.24. The smallest absolute Gasteiger partial charge is 0.386 e. The van der Waals surface area contributed by atoms with Gasteiger partial charge in [0.15, 0.2) is 0 Å². The van der Waals surface area contributed by atoms with Crippen molar-refractivity contribution in [3.05, 3.63) is 137 Å². The normalized spacial score (nSPS) is 11.5. The molecule has 23 heteroatoms. The Labute approximate surface area is 385 Å². The number of fused-ring (bicyclic) bond motifs is 3. The topological polar surface area (TPSA) is 295 Å². The van der Waals surface area contributed by atoms with Gasteiger partial charge >= 0.3 is 7.82 Å². The summed E-state index contributed by atoms with van der Waals surface area (Å²) in [5.74, 6) is 1.05. The minimum absolute atomic E-state index is 0.0586. The van der Waals surface area contributed by atoms with Gasteiger partial charge in [-0.1, -0.05) is 0 Å². The molecule has 0 aliphatic carbocycles. The van der Waals surface area contributed by atoms with Gasteiger partial charge in [0.1, 0.15) is 17.2 Å². The average Bonchev–Trinajstić information content (AvgIpc) is 3.26. The van der Waals surface area contributed by atoms with Crippen molar-refractivity contribution in [3.8, 4) is 17.2 Å². The van der Waals surface area contributed by atoms with Crippen LogP contribution in [0.2, 0.25) is 0 Å². The van der Waals surface area contributed by atoms with E-state index in [0.717, 1.165) is 0 Å². The van der Waals surface area contributed by atoms with Crippen LogP contribution in [-0.4, -0.2) is 59.8 Å². The maximum Gasteiger partial charge on any atom is 0.647 e. The van der Waals surface area contributed by atoms with E-state index in [1.165, 1.54) is 0 Å². The lowest BCUT2D eigenvalue weighted by Gasteiger charge is -2.20. The van der Waals surface area contributed by atoms with E-state index in [1.807, 2.05) is 0 Å². The van der Waals surface area contributed by atoms with Crippen LogP contribution in [0.25, 0.3) is 32.7 Å². The van der Waals surface area contributed by atoms with Crippen molar-refractivity contribution in [2.24, 2.45) is 0 Å². The van der Waals surface area contributed by atoms with Crippen molar-refractivity contribution in [3.63, 3.8) is 0 Å². The second kappa shape index (κ2) is 17.3. The summed E-state index contributed by atoms with van der Waals surface area (Å²) in [7, 11) is -4.73. The number of phosphoric acid groups is 1. The molecule has 0 radical (unpaired) electrons. The molecule has 0 atom stereocenters. The van der Waals surface area contributed by atoms with Crippen LogP contribution < -0.4 is 46.2 Å². The van der Waals surface area contributed by atoms with Crippen LogP contribution in [0.15, 0.2) is 69.0 Å². The largest absolute Gasteiger partial charge is 0.647 e. The molecular formula is C45H42N15O7P. The van der Waals surface area contributed by atoms with Gasteiger partial charge in [0.05, 0.1) is 33.6 Å². The quantitative estimate of drug-likeness (QED) is 0.0649. The molecule has 0 bridgehead atoms. The molecule has 6 aromatic heterocycles. The lowest BCUT2D eigenvalue weighted by molar-refractivity contribution is 0.299. The van der Waals surface area contributed by atoms with Crippen LogP contribution in [0.5, 0.6) is 17.2 Å². The summed E-state index contributed by atoms with van der Waals surface area (Å²) in [4.78, 5) is 86.2. The first kappa shape index (κ1) is 44.5. The zero-order chi connectivity index (χ0) is 48.2. The molecule has 9 aromatic rings. The summed E-state index contributed by atoms with van der Waals surface area (Å²) >= 11 is 0. The number of H-pyrrole nitrogens is 3. The molecule has 0 aliphatic rings. The zero-order valence-electron chi connectivity index (χ0n) is 38.0. The number of aromatic nitrogens is 12. The van der Waals surface area contributed by atoms with E-state index in [4.69, 9.17) is 13.6 Å². The van der Waals surface area contributed by atoms with Crippen molar-refractivity contribution in [2.45, 2.75) is 62.3 Å². The number of hydrogen-bond acceptors (Lipinski definition) is 19. The predicted octanol–water partition coefficient (Wildman–Crippen LogP) is 7.42. The Hall–Kier alpha value is -8.65. The molecule has 3 aromatic carbocycles. The van der Waals surface area contributed by atoms with Crippen molar-refractivity contribution in [1.82, 2.24) is 59.8 Å². The van der Waals surface area contributed by atoms with Crippen LogP contribution in [0.1, 0.15) is 50.9 Å². The summed E-state index contributed by atoms with van der Waals surface area (Å²) in [5.41, 5.74) is 5.11. The summed E-state index contributed by atoms with van der Waals surface area (Å²) < 4.78 is 33.8. The van der Waals surface area contributed by atoms with E-state index in [1.54, 1.807) is 117 Å². The van der Waals surface area contributed by atoms with Gasteiger partial charge in [-0.25, -0.2) is 44.9 Å². The first-order valence-electron chi connectivity index (χ1n) is 20.9. The fraction of sp³-hybridized carbons (Fsp3) is 0.200. The molecule has 6 heterocycles. The summed E-state index contributed by atoms with van der Waals surface area (Å²) in [6.45, 7) is 15.6. The number of nitrogens with one attached hydrogen (secondary N) is 6. The average molecular weight is 936 g/mol. The van der Waals surface area contributed by atoms with E-state index in [9.17, 15) is 14.4 Å². The van der Waals surface area contributed by atoms with Crippen LogP contribution in [0, 0.1) is 62.3 Å². The summed E-state index contributed by atoms with van der Waals surface area (Å²) in [6.07, 6.45) is 0. The molecule has 344 valence electrons. The van der Waals surface area contributed by atoms with E-state index in [0.29, 0.717) is 83.6 Å². The van der Waals surface area contributed by atoms with E-state index in [-0.39, 0.29) is 69.6 Å². The zero-order valence-corrected chi connectivity index (χ0v) is 38.9. The van der Waals surface area contributed by atoms with Gasteiger partial charge in [0, 0.05) is 68.1 Å². The fourth-order valence-electron chi connectivity index (χ4n) is 7.02. The molecular weight excluding hydrogens is 894 g/mol. The number of aryl methyl sites for hydroxylation is 6. The van der Waals surface area contributed by atoms with Crippen LogP contribution in [0.3, 0.4) is 0 Å². The monoisotopic (exact) mass is 935 g/mol. The number of anilines is 6. The van der Waals surface area contributed by atoms with Gasteiger partial charge in [-0.2, -0.15) is 4.57 Å². The minimum Gasteiger partial charge on any atom is -0.386 e. The number of phosphoric ester groups is 1. The Morgan fingerprint density at radius 3 is 0.941 bits per heavy atom. The van der Waals surface area contributed by atoms with Gasteiger partial charge in [0.25, 0.3) is 16.7 Å². The third-order valence-corrected chi connectivity index (χ3v) is 12.4. The molecule has 0 fully saturated rings. The first-order valence-corrected chi connectivity index (χ1v) is 22.4. The standard InChI is InChI=1S/C45H42N15O7P/c1-19-22(4)46-43(55-37(19)61)58-40-49-25(7)31-13-10-28(16-34(31)52-40)65-68(64,66-29-11-14-32-26(8)50-41(53-35(32)17-29)59-44-47-23(5)20(2)38(62)56-44)67-30-12-15-33-27(9)51-42(54-36(33)18-30)60-45-48-24(6)21(3)39(63)57-45/h10-18H,1-9H3,(H2,46,49,52,55,58,61)(H2,47,50,53,56,59,62)(H2,48,51,54,57,60,63). The van der Waals surface area contributed by atoms with Crippen LogP contribution >= 0.6 is 7.82 Å². The van der Waals surface area contributed by atoms with Crippen LogP contribution in [-0.2, 0) is 4.57 Å². The molecule has 0 amide bonds. The molecule has 0 saturated carbocycles. The number of hydrogen-bond donors (Lipinski definition) is 6. The van der Waals surface area contributed by atoms with Crippen molar-refractivity contribution >= 4 is 76.2 Å².